The molecule has 172 valence electrons. The van der Waals surface area contributed by atoms with E-state index >= 15 is 0 Å². The van der Waals surface area contributed by atoms with Crippen LogP contribution in [0, 0.1) is 11.6 Å². The van der Waals surface area contributed by atoms with Crippen LogP contribution < -0.4 is 20.1 Å². The maximum absolute atomic E-state index is 14.4. The maximum atomic E-state index is 14.4. The number of hydrogen-bond donors (Lipinski definition) is 2. The molecule has 3 aromatic carbocycles. The van der Waals surface area contributed by atoms with E-state index in [4.69, 9.17) is 9.47 Å². The second-order valence-corrected chi connectivity index (χ2v) is 7.15. The van der Waals surface area contributed by atoms with E-state index in [1.807, 2.05) is 0 Å². The molecule has 0 aliphatic heterocycles. The highest BCUT2D eigenvalue weighted by atomic mass is 19.1. The molecule has 4 rings (SSSR count). The van der Waals surface area contributed by atoms with Gasteiger partial charge in [-0.15, -0.1) is 0 Å². The van der Waals surface area contributed by atoms with Crippen LogP contribution in [0.1, 0.15) is 0 Å². The smallest absolute Gasteiger partial charge is 0.247 e. The van der Waals surface area contributed by atoms with Gasteiger partial charge >= 0.3 is 0 Å². The van der Waals surface area contributed by atoms with Crippen molar-refractivity contribution in [3.63, 3.8) is 0 Å². The molecule has 0 atom stereocenters. The molecule has 0 fully saturated rings. The molecule has 9 heteroatoms. The van der Waals surface area contributed by atoms with Gasteiger partial charge in [0.05, 0.1) is 31.1 Å². The van der Waals surface area contributed by atoms with Crippen LogP contribution in [0.2, 0.25) is 0 Å². The molecule has 0 saturated carbocycles. The number of hydrogen-bond acceptors (Lipinski definition) is 6. The Kier molecular flexibility index (Phi) is 6.35. The van der Waals surface area contributed by atoms with Gasteiger partial charge in [0.2, 0.25) is 5.91 Å². The predicted molar refractivity (Wildman–Crippen MR) is 127 cm³/mol. The van der Waals surface area contributed by atoms with Crippen molar-refractivity contribution in [1.29, 1.82) is 0 Å². The largest absolute Gasteiger partial charge is 0.495 e. The van der Waals surface area contributed by atoms with Crippen LogP contribution in [-0.4, -0.2) is 30.1 Å². The van der Waals surface area contributed by atoms with Crippen LogP contribution in [0.15, 0.2) is 67.5 Å². The minimum absolute atomic E-state index is 0.235. The molecule has 1 amide bonds. The van der Waals surface area contributed by atoms with E-state index < -0.39 is 17.5 Å². The zero-order valence-corrected chi connectivity index (χ0v) is 18.4. The van der Waals surface area contributed by atoms with Crippen molar-refractivity contribution in [2.45, 2.75) is 0 Å². The Labute approximate surface area is 194 Å². The number of amides is 1. The number of benzene rings is 3. The summed E-state index contributed by atoms with van der Waals surface area (Å²) in [5.74, 6) is -0.435. The number of ether oxygens (including phenoxy) is 2. The van der Waals surface area contributed by atoms with Crippen molar-refractivity contribution in [3.05, 3.63) is 79.1 Å². The van der Waals surface area contributed by atoms with Crippen LogP contribution in [-0.2, 0) is 4.79 Å². The molecule has 0 bridgehead atoms. The highest BCUT2D eigenvalue weighted by molar-refractivity contribution is 6.03. The van der Waals surface area contributed by atoms with Crippen molar-refractivity contribution in [3.8, 4) is 22.6 Å². The van der Waals surface area contributed by atoms with E-state index in [0.29, 0.717) is 45.2 Å². The van der Waals surface area contributed by atoms with Gasteiger partial charge in [0, 0.05) is 23.1 Å². The van der Waals surface area contributed by atoms with E-state index in [1.165, 1.54) is 32.7 Å². The summed E-state index contributed by atoms with van der Waals surface area (Å²) in [6, 6.07) is 11.8. The number of nitrogens with zero attached hydrogens (tertiary/aromatic N) is 2. The third-order valence-corrected chi connectivity index (χ3v) is 5.09. The van der Waals surface area contributed by atoms with Crippen molar-refractivity contribution in [1.82, 2.24) is 9.97 Å². The molecule has 7 nitrogen and oxygen atoms in total. The molecule has 4 aromatic rings. The Balaban J connectivity index is 1.80. The number of anilines is 3. The molecule has 34 heavy (non-hydrogen) atoms. The average Bonchev–Trinajstić information content (AvgIpc) is 2.84. The van der Waals surface area contributed by atoms with Crippen LogP contribution in [0.4, 0.5) is 26.0 Å². The molecule has 0 radical (unpaired) electrons. The normalized spacial score (nSPS) is 10.6. The minimum atomic E-state index is -0.682. The molecule has 1 heterocycles. The number of methoxy groups -OCH3 is 2. The van der Waals surface area contributed by atoms with E-state index in [0.717, 1.165) is 12.1 Å². The number of rotatable bonds is 7. The number of halogens is 2. The molecule has 1 aromatic heterocycles. The van der Waals surface area contributed by atoms with E-state index in [-0.39, 0.29) is 5.56 Å². The predicted octanol–water partition coefficient (Wildman–Crippen LogP) is 5.46. The van der Waals surface area contributed by atoms with Gasteiger partial charge in [-0.05, 0) is 42.0 Å². The summed E-state index contributed by atoms with van der Waals surface area (Å²) in [5.41, 5.74) is 2.22. The van der Waals surface area contributed by atoms with Crippen molar-refractivity contribution < 1.29 is 23.0 Å². The van der Waals surface area contributed by atoms with Crippen LogP contribution in [0.3, 0.4) is 0 Å². The summed E-state index contributed by atoms with van der Waals surface area (Å²) in [5, 5.41) is 6.48. The van der Waals surface area contributed by atoms with Gasteiger partial charge in [-0.1, -0.05) is 12.6 Å². The third kappa shape index (κ3) is 4.49. The Hall–Kier alpha value is -4.53. The summed E-state index contributed by atoms with van der Waals surface area (Å²) >= 11 is 0. The SMILES string of the molecule is C=CC(=O)Nc1cc2c(Nc3cc(-c4ccc(F)cc4F)ccc3OC)ncnc2cc1OC. The van der Waals surface area contributed by atoms with E-state index in [2.05, 4.69) is 27.2 Å². The first-order chi connectivity index (χ1) is 16.4. The number of carbonyl (C=O) groups excluding carboxylic acids is 1. The lowest BCUT2D eigenvalue weighted by atomic mass is 10.0. The Bertz CT molecular complexity index is 1410. The average molecular weight is 462 g/mol. The standard InChI is InChI=1S/C25H20F2N4O3/c1-4-24(32)30-21-11-17-19(12-23(21)34-3)28-13-29-25(17)31-20-9-14(5-8-22(20)33-2)16-7-6-15(26)10-18(16)27/h4-13H,1H2,2-3H3,(H,30,32)(H,28,29,31). The van der Waals surface area contributed by atoms with Crippen LogP contribution in [0.5, 0.6) is 11.5 Å². The summed E-state index contributed by atoms with van der Waals surface area (Å²) in [7, 11) is 2.99. The fourth-order valence-corrected chi connectivity index (χ4v) is 3.46. The monoisotopic (exact) mass is 462 g/mol. The number of nitrogens with one attached hydrogen (secondary N) is 2. The van der Waals surface area contributed by atoms with E-state index in [9.17, 15) is 13.6 Å². The van der Waals surface area contributed by atoms with Gasteiger partial charge in [-0.3, -0.25) is 4.79 Å². The lowest BCUT2D eigenvalue weighted by Gasteiger charge is -2.15. The summed E-state index contributed by atoms with van der Waals surface area (Å²) in [6.07, 6.45) is 2.53. The number of aromatic nitrogens is 2. The molecule has 2 N–H and O–H groups in total. The lowest BCUT2D eigenvalue weighted by Crippen LogP contribution is -2.09. The second kappa shape index (κ2) is 9.53. The zero-order valence-electron chi connectivity index (χ0n) is 18.4. The topological polar surface area (TPSA) is 85.4 Å². The minimum Gasteiger partial charge on any atom is -0.495 e. The molecule has 0 unspecified atom stereocenters. The Morgan fingerprint density at radius 1 is 0.971 bits per heavy atom. The fourth-order valence-electron chi connectivity index (χ4n) is 3.46. The number of carbonyl (C=O) groups is 1. The third-order valence-electron chi connectivity index (χ3n) is 5.09. The highest BCUT2D eigenvalue weighted by Crippen LogP contribution is 2.37. The quantitative estimate of drug-likeness (QED) is 0.355. The molecular weight excluding hydrogens is 442 g/mol. The first kappa shape index (κ1) is 22.7. The van der Waals surface area contributed by atoms with Crippen molar-refractivity contribution in [2.75, 3.05) is 24.9 Å². The first-order valence-electron chi connectivity index (χ1n) is 10.1. The van der Waals surface area contributed by atoms with Crippen LogP contribution >= 0.6 is 0 Å². The molecular formula is C25H20F2N4O3. The van der Waals surface area contributed by atoms with Gasteiger partial charge in [0.15, 0.2) is 0 Å². The summed E-state index contributed by atoms with van der Waals surface area (Å²) < 4.78 is 38.5. The van der Waals surface area contributed by atoms with Crippen LogP contribution in [0.25, 0.3) is 22.0 Å². The second-order valence-electron chi connectivity index (χ2n) is 7.15. The molecule has 0 aliphatic carbocycles. The molecule has 0 spiro atoms. The first-order valence-corrected chi connectivity index (χ1v) is 10.1. The maximum Gasteiger partial charge on any atom is 0.247 e. The van der Waals surface area contributed by atoms with Gasteiger partial charge in [0.1, 0.15) is 35.3 Å². The van der Waals surface area contributed by atoms with E-state index in [1.54, 1.807) is 30.3 Å². The molecule has 0 saturated heterocycles. The van der Waals surface area contributed by atoms with Crippen molar-refractivity contribution in [2.24, 2.45) is 0 Å². The van der Waals surface area contributed by atoms with Gasteiger partial charge in [0.25, 0.3) is 0 Å². The zero-order chi connectivity index (χ0) is 24.2. The van der Waals surface area contributed by atoms with Gasteiger partial charge in [-0.2, -0.15) is 0 Å². The lowest BCUT2D eigenvalue weighted by molar-refractivity contribution is -0.111. The van der Waals surface area contributed by atoms with Gasteiger partial charge < -0.3 is 20.1 Å². The molecule has 0 aliphatic rings. The Morgan fingerprint density at radius 2 is 1.76 bits per heavy atom. The summed E-state index contributed by atoms with van der Waals surface area (Å²) in [6.45, 7) is 3.46. The fraction of sp³-hybridized carbons (Fsp3) is 0.0800. The van der Waals surface area contributed by atoms with Gasteiger partial charge in [-0.25, -0.2) is 18.7 Å². The highest BCUT2D eigenvalue weighted by Gasteiger charge is 2.15. The number of fused-ring (bicyclic) bond motifs is 1. The van der Waals surface area contributed by atoms with Crippen molar-refractivity contribution >= 4 is 34.0 Å². The Morgan fingerprint density at radius 3 is 2.47 bits per heavy atom. The summed E-state index contributed by atoms with van der Waals surface area (Å²) in [4.78, 5) is 20.5.